The largest absolute Gasteiger partial charge is 0.479 e. The molecule has 1 saturated heterocycles. The molecule has 6 unspecified atom stereocenters. The normalized spacial score (nSPS) is 19.1. The Morgan fingerprint density at radius 3 is 1.35 bits per heavy atom. The number of hydrogen-bond donors (Lipinski definition) is 3. The number of unbranched alkanes of at least 4 members (excludes halogenated alkanes) is 17. The number of carboxylic acid groups (broad SMARTS) is 1. The van der Waals surface area contributed by atoms with E-state index in [1.165, 1.54) is 0 Å². The highest BCUT2D eigenvalue weighted by Gasteiger charge is 2.50. The van der Waals surface area contributed by atoms with Crippen LogP contribution < -0.4 is 0 Å². The van der Waals surface area contributed by atoms with E-state index in [1.54, 1.807) is 0 Å². The van der Waals surface area contributed by atoms with Gasteiger partial charge in [-0.25, -0.2) is 4.79 Å². The summed E-state index contributed by atoms with van der Waals surface area (Å²) in [5.41, 5.74) is 0. The molecular weight excluding hydrogens is 901 g/mol. The molecule has 404 valence electrons. The van der Waals surface area contributed by atoms with Gasteiger partial charge in [0.2, 0.25) is 0 Å². The van der Waals surface area contributed by atoms with Crippen molar-refractivity contribution in [2.45, 2.75) is 250 Å². The molecule has 1 heterocycles. The number of hydrogen-bond acceptors (Lipinski definition) is 11. The van der Waals surface area contributed by atoms with Crippen molar-refractivity contribution in [3.63, 3.8) is 0 Å². The molecule has 0 bridgehead atoms. The van der Waals surface area contributed by atoms with Gasteiger partial charge in [0.1, 0.15) is 18.8 Å². The van der Waals surface area contributed by atoms with Crippen LogP contribution in [0.15, 0.2) is 85.1 Å². The van der Waals surface area contributed by atoms with Crippen LogP contribution in [0.4, 0.5) is 0 Å². The molecule has 6 atom stereocenters. The van der Waals surface area contributed by atoms with Crippen LogP contribution in [0.2, 0.25) is 0 Å². The number of rotatable bonds is 45. The van der Waals surface area contributed by atoms with Crippen molar-refractivity contribution in [1.82, 2.24) is 0 Å². The van der Waals surface area contributed by atoms with Crippen LogP contribution in [0, 0.1) is 0 Å². The predicted molar refractivity (Wildman–Crippen MR) is 284 cm³/mol. The van der Waals surface area contributed by atoms with Crippen LogP contribution in [0.25, 0.3) is 0 Å². The lowest BCUT2D eigenvalue weighted by Crippen LogP contribution is -2.61. The summed E-state index contributed by atoms with van der Waals surface area (Å²) in [6, 6.07) is 0. The monoisotopic (exact) mass is 997 g/mol. The Labute approximate surface area is 429 Å². The summed E-state index contributed by atoms with van der Waals surface area (Å²) in [4.78, 5) is 51.0. The summed E-state index contributed by atoms with van der Waals surface area (Å²) < 4.78 is 28.3. The first-order valence-corrected chi connectivity index (χ1v) is 27.6. The van der Waals surface area contributed by atoms with E-state index in [2.05, 4.69) is 106 Å². The number of carbonyl (C=O) groups is 4. The van der Waals surface area contributed by atoms with Crippen molar-refractivity contribution >= 4 is 23.9 Å². The fourth-order valence-electron chi connectivity index (χ4n) is 7.69. The van der Waals surface area contributed by atoms with Crippen LogP contribution in [-0.4, -0.2) is 89.2 Å². The Morgan fingerprint density at radius 2 is 0.887 bits per heavy atom. The predicted octanol–water partition coefficient (Wildman–Crippen LogP) is 13.6. The molecule has 0 aliphatic carbocycles. The maximum atomic E-state index is 13.1. The molecule has 0 aromatic heterocycles. The van der Waals surface area contributed by atoms with E-state index in [0.29, 0.717) is 19.3 Å². The highest BCUT2D eigenvalue weighted by Crippen LogP contribution is 2.26. The molecule has 12 nitrogen and oxygen atoms in total. The quantitative estimate of drug-likeness (QED) is 0.0228. The third-order valence-electron chi connectivity index (χ3n) is 11.9. The summed E-state index contributed by atoms with van der Waals surface area (Å²) in [7, 11) is 0. The zero-order valence-electron chi connectivity index (χ0n) is 44.2. The third-order valence-corrected chi connectivity index (χ3v) is 11.9. The molecule has 1 aliphatic heterocycles. The lowest BCUT2D eigenvalue weighted by molar-refractivity contribution is -0.301. The molecule has 0 radical (unpaired) electrons. The number of ether oxygens (including phenoxy) is 5. The first-order chi connectivity index (χ1) is 34.6. The zero-order chi connectivity index (χ0) is 51.8. The Hall–Kier alpha value is -4.10. The topological polar surface area (TPSA) is 175 Å². The summed E-state index contributed by atoms with van der Waals surface area (Å²) in [5, 5.41) is 31.4. The van der Waals surface area contributed by atoms with E-state index in [1.807, 2.05) is 0 Å². The van der Waals surface area contributed by atoms with Crippen LogP contribution >= 0.6 is 0 Å². The number of allylic oxidation sites excluding steroid dienone is 14. The molecule has 0 aromatic rings. The SMILES string of the molecule is CC/C=C\C/C=C\C/C=C\CCCCCCCC(=O)OC1C(OCC(COC(=O)CCCCCCC/C=C\C/C=C\CCC)OC(=O)CCCCCCC/C=C\C/C=C\CCC)OC(C(=O)O)C(O)C1O. The van der Waals surface area contributed by atoms with Crippen LogP contribution in [0.1, 0.15) is 213 Å². The van der Waals surface area contributed by atoms with E-state index in [9.17, 15) is 34.5 Å². The average Bonchev–Trinajstić information content (AvgIpc) is 3.35. The molecule has 1 aliphatic rings. The number of carboxylic acids is 1. The standard InChI is InChI=1S/C59H96O12/c1-4-7-10-13-16-19-22-25-26-29-32-35-38-41-44-47-53(62)70-57-55(64)54(63)56(58(65)66)71-59(57)68-49-50(69-52(61)46-43-40-37-34-31-28-24-21-18-15-12-9-6-3)48-67-51(60)45-42-39-36-33-30-27-23-20-17-14-11-8-5-2/h7,10-12,14-16,19-21,23-26,50,54-57,59,63-64H,4-6,8-9,13,17-18,22,27-49H2,1-3H3,(H,65,66)/b10-7-,14-11-,15-12-,19-16-,23-20-,24-21-,26-25-. The van der Waals surface area contributed by atoms with Gasteiger partial charge in [0, 0.05) is 19.3 Å². The van der Waals surface area contributed by atoms with Gasteiger partial charge in [-0.1, -0.05) is 176 Å². The van der Waals surface area contributed by atoms with Crippen molar-refractivity contribution in [3.05, 3.63) is 85.1 Å². The molecule has 0 aromatic carbocycles. The first-order valence-electron chi connectivity index (χ1n) is 27.6. The van der Waals surface area contributed by atoms with Gasteiger partial charge in [0.15, 0.2) is 24.6 Å². The molecule has 3 N–H and O–H groups in total. The van der Waals surface area contributed by atoms with Gasteiger partial charge in [-0.05, 0) is 103 Å². The number of carbonyl (C=O) groups excluding carboxylic acids is 3. The second kappa shape index (κ2) is 46.9. The Bertz CT molecular complexity index is 1560. The van der Waals surface area contributed by atoms with Crippen molar-refractivity contribution < 1.29 is 58.2 Å². The average molecular weight is 997 g/mol. The van der Waals surface area contributed by atoms with Gasteiger partial charge in [-0.15, -0.1) is 0 Å². The fourth-order valence-corrected chi connectivity index (χ4v) is 7.69. The number of aliphatic carboxylic acids is 1. The zero-order valence-corrected chi connectivity index (χ0v) is 44.2. The lowest BCUT2D eigenvalue weighted by Gasteiger charge is -2.40. The minimum absolute atomic E-state index is 0.0347. The molecule has 71 heavy (non-hydrogen) atoms. The van der Waals surface area contributed by atoms with E-state index >= 15 is 0 Å². The van der Waals surface area contributed by atoms with E-state index in [0.717, 1.165) is 154 Å². The molecule has 1 rings (SSSR count). The minimum atomic E-state index is -1.92. The van der Waals surface area contributed by atoms with E-state index in [-0.39, 0.29) is 25.9 Å². The van der Waals surface area contributed by atoms with Crippen molar-refractivity contribution in [3.8, 4) is 0 Å². The summed E-state index contributed by atoms with van der Waals surface area (Å²) >= 11 is 0. The summed E-state index contributed by atoms with van der Waals surface area (Å²) in [6.07, 6.45) is 47.0. The summed E-state index contributed by atoms with van der Waals surface area (Å²) in [5.74, 6) is -3.19. The van der Waals surface area contributed by atoms with Crippen LogP contribution in [0.3, 0.4) is 0 Å². The maximum Gasteiger partial charge on any atom is 0.335 e. The van der Waals surface area contributed by atoms with Gasteiger partial charge in [-0.2, -0.15) is 0 Å². The second-order valence-electron chi connectivity index (χ2n) is 18.5. The molecule has 12 heteroatoms. The van der Waals surface area contributed by atoms with Crippen LogP contribution in [0.5, 0.6) is 0 Å². The van der Waals surface area contributed by atoms with Crippen LogP contribution in [-0.2, 0) is 42.9 Å². The Morgan fingerprint density at radius 1 is 0.479 bits per heavy atom. The smallest absolute Gasteiger partial charge is 0.335 e. The number of aliphatic hydroxyl groups is 2. The van der Waals surface area contributed by atoms with Gasteiger partial charge in [0.25, 0.3) is 0 Å². The van der Waals surface area contributed by atoms with Crippen molar-refractivity contribution in [2.24, 2.45) is 0 Å². The number of esters is 3. The molecule has 1 fully saturated rings. The minimum Gasteiger partial charge on any atom is -0.479 e. The second-order valence-corrected chi connectivity index (χ2v) is 18.5. The maximum absolute atomic E-state index is 13.1. The van der Waals surface area contributed by atoms with Gasteiger partial charge in [0.05, 0.1) is 6.61 Å². The molecule has 0 saturated carbocycles. The Kier molecular flexibility index (Phi) is 42.9. The van der Waals surface area contributed by atoms with Gasteiger partial charge < -0.3 is 39.0 Å². The first kappa shape index (κ1) is 64.9. The fraction of sp³-hybridized carbons (Fsp3) is 0.695. The summed E-state index contributed by atoms with van der Waals surface area (Å²) in [6.45, 7) is 5.70. The highest BCUT2D eigenvalue weighted by atomic mass is 16.7. The van der Waals surface area contributed by atoms with E-state index in [4.69, 9.17) is 23.7 Å². The molecular formula is C59H96O12. The third kappa shape index (κ3) is 37.3. The van der Waals surface area contributed by atoms with E-state index < -0.39 is 67.3 Å². The molecule has 0 amide bonds. The Balaban J connectivity index is 2.75. The van der Waals surface area contributed by atoms with Crippen molar-refractivity contribution in [1.29, 1.82) is 0 Å². The number of aliphatic hydroxyl groups excluding tert-OH is 2. The van der Waals surface area contributed by atoms with Gasteiger partial charge >= 0.3 is 23.9 Å². The molecule has 0 spiro atoms. The lowest BCUT2D eigenvalue weighted by atomic mass is 9.98. The van der Waals surface area contributed by atoms with Crippen molar-refractivity contribution in [2.75, 3.05) is 13.2 Å². The highest BCUT2D eigenvalue weighted by molar-refractivity contribution is 5.74. The van der Waals surface area contributed by atoms with Gasteiger partial charge in [-0.3, -0.25) is 14.4 Å².